The third kappa shape index (κ3) is 2.93. The van der Waals surface area contributed by atoms with Crippen LogP contribution in [0.1, 0.15) is 23.1 Å². The predicted octanol–water partition coefficient (Wildman–Crippen LogP) is 2.29. The molecule has 0 atom stereocenters. The predicted molar refractivity (Wildman–Crippen MR) is 68.4 cm³/mol. The van der Waals surface area contributed by atoms with E-state index in [9.17, 15) is 8.42 Å². The van der Waals surface area contributed by atoms with Gasteiger partial charge in [-0.25, -0.2) is 8.42 Å². The lowest BCUT2D eigenvalue weighted by atomic mass is 10.0. The molecule has 0 unspecified atom stereocenters. The van der Waals surface area contributed by atoms with Crippen LogP contribution in [0.25, 0.3) is 0 Å². The van der Waals surface area contributed by atoms with Gasteiger partial charge >= 0.3 is 0 Å². The zero-order valence-corrected chi connectivity index (χ0v) is 11.3. The number of halogens is 1. The molecule has 1 aromatic carbocycles. The number of ether oxygens (including phenoxy) is 1. The van der Waals surface area contributed by atoms with Crippen molar-refractivity contribution in [3.63, 3.8) is 0 Å². The fraction of sp³-hybridized carbons (Fsp3) is 0.500. The van der Waals surface area contributed by atoms with Gasteiger partial charge in [0.1, 0.15) is 5.75 Å². The molecule has 0 saturated carbocycles. The van der Waals surface area contributed by atoms with Gasteiger partial charge in [0.15, 0.2) is 0 Å². The Morgan fingerprint density at radius 2 is 2.00 bits per heavy atom. The maximum atomic E-state index is 11.0. The Kier molecular flexibility index (Phi) is 3.64. The highest BCUT2D eigenvalue weighted by Gasteiger charge is 2.19. The molecule has 0 amide bonds. The van der Waals surface area contributed by atoms with Crippen LogP contribution in [0.4, 0.5) is 0 Å². The van der Waals surface area contributed by atoms with E-state index in [1.807, 2.05) is 12.1 Å². The van der Waals surface area contributed by atoms with E-state index in [1.54, 1.807) is 7.11 Å². The highest BCUT2D eigenvalue weighted by Crippen LogP contribution is 2.33. The molecular weight excluding hydrogens is 260 g/mol. The zero-order chi connectivity index (χ0) is 12.5. The van der Waals surface area contributed by atoms with Crippen molar-refractivity contribution in [1.82, 2.24) is 0 Å². The van der Waals surface area contributed by atoms with Crippen molar-refractivity contribution < 1.29 is 13.2 Å². The summed E-state index contributed by atoms with van der Waals surface area (Å²) in [5, 5.41) is 0. The van der Waals surface area contributed by atoms with Crippen LogP contribution in [-0.4, -0.2) is 21.3 Å². The molecule has 0 fully saturated rings. The van der Waals surface area contributed by atoms with Crippen molar-refractivity contribution in [2.24, 2.45) is 0 Å². The highest BCUT2D eigenvalue weighted by atomic mass is 35.7. The Balaban J connectivity index is 2.28. The van der Waals surface area contributed by atoms with Crippen molar-refractivity contribution in [2.45, 2.75) is 25.7 Å². The Hall–Kier alpha value is -0.740. The zero-order valence-electron chi connectivity index (χ0n) is 9.70. The van der Waals surface area contributed by atoms with E-state index in [4.69, 9.17) is 15.4 Å². The lowest BCUT2D eigenvalue weighted by Crippen LogP contribution is -2.04. The SMILES string of the molecule is COc1ccc(CCS(=O)(=O)Cl)c2c1CCC2. The standard InChI is InChI=1S/C12H15ClO3S/c1-16-12-6-5-9(7-8-17(13,14)15)10-3-2-4-11(10)12/h5-6H,2-4,7-8H2,1H3. The lowest BCUT2D eigenvalue weighted by molar-refractivity contribution is 0.410. The Labute approximate surface area is 106 Å². The summed E-state index contributed by atoms with van der Waals surface area (Å²) < 4.78 is 27.3. The van der Waals surface area contributed by atoms with Crippen molar-refractivity contribution in [3.8, 4) is 5.75 Å². The topological polar surface area (TPSA) is 43.4 Å². The first-order valence-electron chi connectivity index (χ1n) is 5.61. The number of hydrogen-bond donors (Lipinski definition) is 0. The number of hydrogen-bond acceptors (Lipinski definition) is 3. The monoisotopic (exact) mass is 274 g/mol. The Morgan fingerprint density at radius 3 is 2.65 bits per heavy atom. The maximum absolute atomic E-state index is 11.0. The summed E-state index contributed by atoms with van der Waals surface area (Å²) in [6, 6.07) is 3.87. The van der Waals surface area contributed by atoms with Gasteiger partial charge in [-0.1, -0.05) is 6.07 Å². The van der Waals surface area contributed by atoms with Crippen molar-refractivity contribution in [3.05, 3.63) is 28.8 Å². The molecule has 0 saturated heterocycles. The quantitative estimate of drug-likeness (QED) is 0.792. The summed E-state index contributed by atoms with van der Waals surface area (Å²) in [6.07, 6.45) is 3.61. The molecule has 0 bridgehead atoms. The van der Waals surface area contributed by atoms with E-state index in [0.29, 0.717) is 6.42 Å². The molecule has 1 aliphatic rings. The van der Waals surface area contributed by atoms with Gasteiger partial charge in [0.2, 0.25) is 9.05 Å². The van der Waals surface area contributed by atoms with Crippen LogP contribution >= 0.6 is 10.7 Å². The second-order valence-corrected chi connectivity index (χ2v) is 7.13. The van der Waals surface area contributed by atoms with Crippen molar-refractivity contribution in [1.29, 1.82) is 0 Å². The largest absolute Gasteiger partial charge is 0.496 e. The van der Waals surface area contributed by atoms with E-state index < -0.39 is 9.05 Å². The third-order valence-corrected chi connectivity index (χ3v) is 4.33. The van der Waals surface area contributed by atoms with Crippen molar-refractivity contribution >= 4 is 19.7 Å². The first-order valence-corrected chi connectivity index (χ1v) is 8.09. The van der Waals surface area contributed by atoms with E-state index in [-0.39, 0.29) is 5.75 Å². The summed E-state index contributed by atoms with van der Waals surface area (Å²) in [7, 11) is 3.49. The van der Waals surface area contributed by atoms with Crippen LogP contribution in [0.3, 0.4) is 0 Å². The molecule has 2 rings (SSSR count). The minimum atomic E-state index is -3.41. The molecule has 1 aliphatic carbocycles. The number of fused-ring (bicyclic) bond motifs is 1. The molecular formula is C12H15ClO3S. The number of rotatable bonds is 4. The second kappa shape index (κ2) is 4.86. The number of aryl methyl sites for hydroxylation is 1. The minimum Gasteiger partial charge on any atom is -0.496 e. The fourth-order valence-corrected chi connectivity index (χ4v) is 3.10. The summed E-state index contributed by atoms with van der Waals surface area (Å²) in [5.41, 5.74) is 3.57. The average molecular weight is 275 g/mol. The molecule has 0 spiro atoms. The van der Waals surface area contributed by atoms with E-state index in [2.05, 4.69) is 0 Å². The Bertz CT molecular complexity index is 523. The smallest absolute Gasteiger partial charge is 0.232 e. The lowest BCUT2D eigenvalue weighted by Gasteiger charge is -2.11. The molecule has 17 heavy (non-hydrogen) atoms. The number of benzene rings is 1. The molecule has 0 radical (unpaired) electrons. The van der Waals surface area contributed by atoms with Gasteiger partial charge in [0.05, 0.1) is 12.9 Å². The minimum absolute atomic E-state index is 0.00662. The first kappa shape index (κ1) is 12.7. The molecule has 94 valence electrons. The van der Waals surface area contributed by atoms with Gasteiger partial charge < -0.3 is 4.74 Å². The maximum Gasteiger partial charge on any atom is 0.232 e. The Morgan fingerprint density at radius 1 is 1.29 bits per heavy atom. The van der Waals surface area contributed by atoms with Crippen LogP contribution in [0.5, 0.6) is 5.75 Å². The molecule has 0 N–H and O–H groups in total. The molecule has 0 aromatic heterocycles. The molecule has 3 nitrogen and oxygen atoms in total. The summed E-state index contributed by atoms with van der Waals surface area (Å²) >= 11 is 0. The van der Waals surface area contributed by atoms with Gasteiger partial charge in [-0.15, -0.1) is 0 Å². The van der Waals surface area contributed by atoms with Crippen LogP contribution in [0.15, 0.2) is 12.1 Å². The van der Waals surface area contributed by atoms with Crippen molar-refractivity contribution in [2.75, 3.05) is 12.9 Å². The van der Waals surface area contributed by atoms with Crippen LogP contribution in [0, 0.1) is 0 Å². The van der Waals surface area contributed by atoms with Gasteiger partial charge in [-0.3, -0.25) is 0 Å². The summed E-state index contributed by atoms with van der Waals surface area (Å²) in [6.45, 7) is 0. The van der Waals surface area contributed by atoms with E-state index in [0.717, 1.165) is 30.6 Å². The molecule has 0 aliphatic heterocycles. The summed E-state index contributed by atoms with van der Waals surface area (Å²) in [4.78, 5) is 0. The van der Waals surface area contributed by atoms with Crippen LogP contribution in [0.2, 0.25) is 0 Å². The van der Waals surface area contributed by atoms with Gasteiger partial charge in [-0.05, 0) is 48.4 Å². The van der Waals surface area contributed by atoms with Gasteiger partial charge in [0.25, 0.3) is 0 Å². The molecule has 5 heteroatoms. The fourth-order valence-electron chi connectivity index (χ4n) is 2.40. The van der Waals surface area contributed by atoms with Crippen LogP contribution < -0.4 is 4.74 Å². The van der Waals surface area contributed by atoms with E-state index >= 15 is 0 Å². The normalized spacial score (nSPS) is 14.7. The molecule has 1 aromatic rings. The van der Waals surface area contributed by atoms with Crippen LogP contribution in [-0.2, 0) is 28.3 Å². The van der Waals surface area contributed by atoms with Gasteiger partial charge in [-0.2, -0.15) is 0 Å². The molecule has 0 heterocycles. The second-order valence-electron chi connectivity index (χ2n) is 4.23. The number of methoxy groups -OCH3 is 1. The third-order valence-electron chi connectivity index (χ3n) is 3.17. The highest BCUT2D eigenvalue weighted by molar-refractivity contribution is 8.13. The van der Waals surface area contributed by atoms with E-state index in [1.165, 1.54) is 11.1 Å². The first-order chi connectivity index (χ1) is 8.01. The van der Waals surface area contributed by atoms with Gasteiger partial charge in [0, 0.05) is 10.7 Å². The summed E-state index contributed by atoms with van der Waals surface area (Å²) in [5.74, 6) is 0.905. The average Bonchev–Trinajstić information content (AvgIpc) is 2.73.